The van der Waals surface area contributed by atoms with Gasteiger partial charge in [-0.15, -0.1) is 0 Å². The van der Waals surface area contributed by atoms with Crippen LogP contribution in [-0.2, 0) is 6.54 Å². The molecule has 0 aromatic carbocycles. The third kappa shape index (κ3) is 7.17. The fourth-order valence-electron chi connectivity index (χ4n) is 2.66. The quantitative estimate of drug-likeness (QED) is 0.412. The number of aromatic nitrogens is 1. The van der Waals surface area contributed by atoms with Crippen molar-refractivity contribution in [1.29, 1.82) is 0 Å². The maximum Gasteiger partial charge on any atom is 0.213 e. The van der Waals surface area contributed by atoms with Gasteiger partial charge in [0.1, 0.15) is 0 Å². The lowest BCUT2D eigenvalue weighted by Crippen LogP contribution is -2.41. The molecule has 1 rings (SSSR count). The van der Waals surface area contributed by atoms with Crippen LogP contribution in [0, 0.1) is 0 Å². The number of hydrogen-bond acceptors (Lipinski definition) is 4. The number of ether oxygens (including phenoxy) is 1. The summed E-state index contributed by atoms with van der Waals surface area (Å²) in [6.45, 7) is 11.7. The number of aliphatic imine (C=N–C) groups is 1. The van der Waals surface area contributed by atoms with E-state index in [2.05, 4.69) is 53.2 Å². The first kappa shape index (κ1) is 20.2. The van der Waals surface area contributed by atoms with Gasteiger partial charge in [0.05, 0.1) is 7.11 Å². The molecule has 1 aromatic heterocycles. The number of methoxy groups -OCH3 is 1. The summed E-state index contributed by atoms with van der Waals surface area (Å²) in [5, 5.41) is 6.68. The molecule has 0 amide bonds. The van der Waals surface area contributed by atoms with Gasteiger partial charge in [0.25, 0.3) is 0 Å². The lowest BCUT2D eigenvalue weighted by Gasteiger charge is -2.30. The molecular formula is C18H33N5O. The van der Waals surface area contributed by atoms with Crippen molar-refractivity contribution < 1.29 is 4.74 Å². The van der Waals surface area contributed by atoms with Crippen molar-refractivity contribution in [2.45, 2.75) is 52.7 Å². The summed E-state index contributed by atoms with van der Waals surface area (Å²) >= 11 is 0. The second-order valence-electron chi connectivity index (χ2n) is 6.34. The highest BCUT2D eigenvalue weighted by atomic mass is 16.5. The Kier molecular flexibility index (Phi) is 9.15. The van der Waals surface area contributed by atoms with Crippen molar-refractivity contribution in [3.8, 4) is 5.88 Å². The van der Waals surface area contributed by atoms with Gasteiger partial charge in [-0.2, -0.15) is 0 Å². The van der Waals surface area contributed by atoms with Crippen LogP contribution >= 0.6 is 0 Å². The molecule has 0 bridgehead atoms. The van der Waals surface area contributed by atoms with E-state index in [9.17, 15) is 0 Å². The molecule has 0 unspecified atom stereocenters. The van der Waals surface area contributed by atoms with Crippen molar-refractivity contribution in [2.24, 2.45) is 4.99 Å². The molecule has 0 saturated heterocycles. The van der Waals surface area contributed by atoms with E-state index in [1.54, 1.807) is 20.4 Å². The lowest BCUT2D eigenvalue weighted by molar-refractivity contribution is 0.173. The SMILES string of the molecule is CN=C(NCCCN(C(C)C)C(C)C)NCc1ccnc(OC)c1. The Labute approximate surface area is 146 Å². The predicted octanol–water partition coefficient (Wildman–Crippen LogP) is 2.26. The molecule has 6 heteroatoms. The molecule has 0 atom stereocenters. The lowest BCUT2D eigenvalue weighted by atomic mass is 10.2. The highest BCUT2D eigenvalue weighted by Crippen LogP contribution is 2.08. The van der Waals surface area contributed by atoms with Crippen molar-refractivity contribution in [3.05, 3.63) is 23.9 Å². The van der Waals surface area contributed by atoms with E-state index in [0.29, 0.717) is 24.5 Å². The summed E-state index contributed by atoms with van der Waals surface area (Å²) in [6.07, 6.45) is 2.83. The fourth-order valence-corrected chi connectivity index (χ4v) is 2.66. The van der Waals surface area contributed by atoms with Crippen molar-refractivity contribution in [3.63, 3.8) is 0 Å². The number of rotatable bonds is 9. The molecule has 0 spiro atoms. The molecule has 0 radical (unpaired) electrons. The summed E-state index contributed by atoms with van der Waals surface area (Å²) in [6, 6.07) is 5.03. The Morgan fingerprint density at radius 2 is 1.96 bits per heavy atom. The molecule has 0 aliphatic heterocycles. The van der Waals surface area contributed by atoms with Crippen LogP contribution in [0.5, 0.6) is 5.88 Å². The molecule has 1 heterocycles. The summed E-state index contributed by atoms with van der Waals surface area (Å²) in [5.74, 6) is 1.44. The zero-order valence-electron chi connectivity index (χ0n) is 16.0. The zero-order valence-corrected chi connectivity index (χ0v) is 16.0. The molecular weight excluding hydrogens is 302 g/mol. The maximum absolute atomic E-state index is 5.14. The number of guanidine groups is 1. The third-order valence-electron chi connectivity index (χ3n) is 3.90. The van der Waals surface area contributed by atoms with Gasteiger partial charge in [-0.05, 0) is 45.7 Å². The van der Waals surface area contributed by atoms with Gasteiger partial charge >= 0.3 is 0 Å². The minimum absolute atomic E-state index is 0.573. The van der Waals surface area contributed by atoms with Crippen LogP contribution in [0.15, 0.2) is 23.3 Å². The minimum Gasteiger partial charge on any atom is -0.481 e. The molecule has 1 aromatic rings. The van der Waals surface area contributed by atoms with Crippen LogP contribution in [0.1, 0.15) is 39.7 Å². The normalized spacial score (nSPS) is 12.1. The van der Waals surface area contributed by atoms with Crippen molar-refractivity contribution in [1.82, 2.24) is 20.5 Å². The average Bonchev–Trinajstić information content (AvgIpc) is 2.56. The van der Waals surface area contributed by atoms with Gasteiger partial charge < -0.3 is 15.4 Å². The van der Waals surface area contributed by atoms with Gasteiger partial charge in [0, 0.05) is 51.0 Å². The number of hydrogen-bond donors (Lipinski definition) is 2. The molecule has 6 nitrogen and oxygen atoms in total. The van der Waals surface area contributed by atoms with E-state index in [4.69, 9.17) is 4.74 Å². The van der Waals surface area contributed by atoms with Crippen LogP contribution in [0.25, 0.3) is 0 Å². The fraction of sp³-hybridized carbons (Fsp3) is 0.667. The van der Waals surface area contributed by atoms with Gasteiger partial charge in [0.2, 0.25) is 5.88 Å². The summed E-state index contributed by atoms with van der Waals surface area (Å²) in [7, 11) is 3.41. The Balaban J connectivity index is 2.35. The predicted molar refractivity (Wildman–Crippen MR) is 101 cm³/mol. The van der Waals surface area contributed by atoms with E-state index in [0.717, 1.165) is 31.0 Å². The van der Waals surface area contributed by atoms with Crippen LogP contribution in [-0.4, -0.2) is 55.2 Å². The highest BCUT2D eigenvalue weighted by molar-refractivity contribution is 5.79. The Hall–Kier alpha value is -1.82. The smallest absolute Gasteiger partial charge is 0.213 e. The van der Waals surface area contributed by atoms with Gasteiger partial charge in [-0.1, -0.05) is 0 Å². The molecule has 24 heavy (non-hydrogen) atoms. The Morgan fingerprint density at radius 1 is 1.25 bits per heavy atom. The molecule has 2 N–H and O–H groups in total. The summed E-state index contributed by atoms with van der Waals surface area (Å²) in [5.41, 5.74) is 1.11. The molecule has 0 aliphatic rings. The molecule has 0 fully saturated rings. The number of nitrogens with one attached hydrogen (secondary N) is 2. The average molecular weight is 335 g/mol. The van der Waals surface area contributed by atoms with E-state index < -0.39 is 0 Å². The summed E-state index contributed by atoms with van der Waals surface area (Å²) < 4.78 is 5.14. The highest BCUT2D eigenvalue weighted by Gasteiger charge is 2.12. The van der Waals surface area contributed by atoms with E-state index in [1.165, 1.54) is 0 Å². The zero-order chi connectivity index (χ0) is 17.9. The second-order valence-corrected chi connectivity index (χ2v) is 6.34. The maximum atomic E-state index is 5.14. The third-order valence-corrected chi connectivity index (χ3v) is 3.90. The van der Waals surface area contributed by atoms with E-state index in [-0.39, 0.29) is 0 Å². The van der Waals surface area contributed by atoms with Crippen LogP contribution in [0.2, 0.25) is 0 Å². The Bertz CT molecular complexity index is 494. The monoisotopic (exact) mass is 335 g/mol. The van der Waals surface area contributed by atoms with Gasteiger partial charge in [-0.3, -0.25) is 9.89 Å². The largest absolute Gasteiger partial charge is 0.481 e. The number of nitrogens with zero attached hydrogens (tertiary/aromatic N) is 3. The first-order valence-electron chi connectivity index (χ1n) is 8.67. The summed E-state index contributed by atoms with van der Waals surface area (Å²) in [4.78, 5) is 10.9. The molecule has 0 saturated carbocycles. The standard InChI is InChI=1S/C18H33N5O/c1-14(2)23(15(3)4)11-7-9-21-18(19-5)22-13-16-8-10-20-17(12-16)24-6/h8,10,12,14-15H,7,9,11,13H2,1-6H3,(H2,19,21,22). The molecule has 0 aliphatic carbocycles. The second kappa shape index (κ2) is 10.9. The topological polar surface area (TPSA) is 61.8 Å². The molecule has 136 valence electrons. The first-order valence-corrected chi connectivity index (χ1v) is 8.67. The Morgan fingerprint density at radius 3 is 2.54 bits per heavy atom. The minimum atomic E-state index is 0.573. The first-order chi connectivity index (χ1) is 11.5. The van der Waals surface area contributed by atoms with Crippen LogP contribution in [0.3, 0.4) is 0 Å². The van der Waals surface area contributed by atoms with E-state index >= 15 is 0 Å². The van der Waals surface area contributed by atoms with Gasteiger partial charge in [-0.25, -0.2) is 4.98 Å². The van der Waals surface area contributed by atoms with Crippen LogP contribution in [0.4, 0.5) is 0 Å². The van der Waals surface area contributed by atoms with E-state index in [1.807, 2.05) is 12.1 Å². The van der Waals surface area contributed by atoms with Crippen molar-refractivity contribution >= 4 is 5.96 Å². The van der Waals surface area contributed by atoms with Crippen molar-refractivity contribution in [2.75, 3.05) is 27.2 Å². The van der Waals surface area contributed by atoms with Gasteiger partial charge in [0.15, 0.2) is 5.96 Å². The van der Waals surface area contributed by atoms with Crippen LogP contribution < -0.4 is 15.4 Å². The number of pyridine rings is 1.